The monoisotopic (exact) mass is 1090 g/mol. The van der Waals surface area contributed by atoms with Crippen molar-refractivity contribution in [3.8, 4) is 46.0 Å². The molecule has 0 amide bonds. The van der Waals surface area contributed by atoms with Gasteiger partial charge in [-0.1, -0.05) is 160 Å². The van der Waals surface area contributed by atoms with Crippen LogP contribution in [0.2, 0.25) is 0 Å². The van der Waals surface area contributed by atoms with Gasteiger partial charge in [-0.05, 0) is 190 Å². The summed E-state index contributed by atoms with van der Waals surface area (Å²) in [5.41, 5.74) is 13.5. The third-order valence-corrected chi connectivity index (χ3v) is 18.3. The van der Waals surface area contributed by atoms with Crippen LogP contribution in [-0.2, 0) is 29.6 Å². The summed E-state index contributed by atoms with van der Waals surface area (Å²) in [5.74, 6) is 5.42. The van der Waals surface area contributed by atoms with Gasteiger partial charge in [0.2, 0.25) is 0 Å². The van der Waals surface area contributed by atoms with E-state index in [1.54, 1.807) is 0 Å². The minimum absolute atomic E-state index is 0.273. The lowest BCUT2D eigenvalue weighted by Gasteiger charge is -2.30. The summed E-state index contributed by atoms with van der Waals surface area (Å²) < 4.78 is 48.8. The Bertz CT molecular complexity index is 3650. The average Bonchev–Trinajstić information content (AvgIpc) is 3.45. The molecule has 414 valence electrons. The highest BCUT2D eigenvalue weighted by Crippen LogP contribution is 2.47. The van der Waals surface area contributed by atoms with Crippen LogP contribution >= 0.6 is 7.14 Å². The molecule has 9 aromatic carbocycles. The average molecular weight is 1100 g/mol. The maximum Gasteiger partial charge on any atom is 0.174 e. The highest BCUT2D eigenvalue weighted by molar-refractivity contribution is 7.85. The Balaban J connectivity index is 0.868. The van der Waals surface area contributed by atoms with E-state index in [0.29, 0.717) is 51.9 Å². The van der Waals surface area contributed by atoms with Gasteiger partial charge >= 0.3 is 0 Å². The summed E-state index contributed by atoms with van der Waals surface area (Å²) in [6, 6.07) is 58.3. The predicted octanol–water partition coefficient (Wildman–Crippen LogP) is 17.6. The Morgan fingerprint density at radius 2 is 0.889 bits per heavy atom. The van der Waals surface area contributed by atoms with E-state index in [9.17, 15) is 5.11 Å². The van der Waals surface area contributed by atoms with E-state index < -0.39 is 12.7 Å². The van der Waals surface area contributed by atoms with Gasteiger partial charge in [-0.15, -0.1) is 0 Å². The molecule has 0 fully saturated rings. The zero-order valence-electron chi connectivity index (χ0n) is 49.0. The molecule has 81 heavy (non-hydrogen) atoms. The van der Waals surface area contributed by atoms with Crippen molar-refractivity contribution in [1.29, 1.82) is 0 Å². The van der Waals surface area contributed by atoms with Crippen LogP contribution in [0.3, 0.4) is 0 Å². The maximum absolute atomic E-state index is 15.8. The van der Waals surface area contributed by atoms with Crippen molar-refractivity contribution in [2.75, 3.05) is 0 Å². The van der Waals surface area contributed by atoms with E-state index in [1.807, 2.05) is 135 Å². The van der Waals surface area contributed by atoms with Crippen molar-refractivity contribution in [2.24, 2.45) is 0 Å². The first-order valence-corrected chi connectivity index (χ1v) is 29.4. The van der Waals surface area contributed by atoms with E-state index in [4.69, 9.17) is 23.7 Å². The topological polar surface area (TPSA) is 83.5 Å². The normalized spacial score (nSPS) is 11.8. The third kappa shape index (κ3) is 12.9. The first kappa shape index (κ1) is 57.4. The van der Waals surface area contributed by atoms with E-state index in [-0.39, 0.29) is 12.0 Å². The van der Waals surface area contributed by atoms with Gasteiger partial charge < -0.3 is 33.4 Å². The molecule has 0 spiro atoms. The minimum atomic E-state index is -3.43. The number of rotatable bonds is 20. The molecule has 9 aromatic rings. The molecule has 0 atom stereocenters. The van der Waals surface area contributed by atoms with Crippen molar-refractivity contribution in [2.45, 2.75) is 114 Å². The molecule has 0 aliphatic heterocycles. The number of phenols is 1. The van der Waals surface area contributed by atoms with Crippen molar-refractivity contribution < 1.29 is 33.4 Å². The first-order chi connectivity index (χ1) is 38.6. The number of hydrogen-bond acceptors (Lipinski definition) is 7. The van der Waals surface area contributed by atoms with Gasteiger partial charge in [0.05, 0.1) is 5.30 Å². The Kier molecular flexibility index (Phi) is 16.9. The molecule has 0 aliphatic carbocycles. The number of hydrogen-bond donors (Lipinski definition) is 1. The molecule has 0 unspecified atom stereocenters. The van der Waals surface area contributed by atoms with Gasteiger partial charge in [0.25, 0.3) is 0 Å². The minimum Gasteiger partial charge on any atom is -0.507 e. The molecule has 8 heteroatoms. The Labute approximate surface area is 480 Å². The van der Waals surface area contributed by atoms with Gasteiger partial charge in [-0.25, -0.2) is 0 Å². The van der Waals surface area contributed by atoms with Crippen LogP contribution in [0.1, 0.15) is 106 Å². The van der Waals surface area contributed by atoms with Crippen LogP contribution in [0.25, 0.3) is 6.08 Å². The molecule has 0 saturated heterocycles. The molecule has 0 aliphatic rings. The summed E-state index contributed by atoms with van der Waals surface area (Å²) in [6.45, 7) is 29.6. The largest absolute Gasteiger partial charge is 0.507 e. The lowest BCUT2D eigenvalue weighted by atomic mass is 9.76. The quantitative estimate of drug-likeness (QED) is 0.0761. The summed E-state index contributed by atoms with van der Waals surface area (Å²) in [7, 11) is -3.43. The highest BCUT2D eigenvalue weighted by Gasteiger charge is 2.34. The zero-order valence-corrected chi connectivity index (χ0v) is 49.9. The van der Waals surface area contributed by atoms with Crippen LogP contribution < -0.4 is 39.6 Å². The van der Waals surface area contributed by atoms with Crippen LogP contribution in [0.15, 0.2) is 183 Å². The first-order valence-electron chi connectivity index (χ1n) is 27.7. The van der Waals surface area contributed by atoms with Gasteiger partial charge in [0, 0.05) is 22.4 Å². The number of phenolic OH excluding ortho intramolecular Hbond substituents is 1. The summed E-state index contributed by atoms with van der Waals surface area (Å²) in [4.78, 5) is 0. The molecule has 0 saturated carbocycles. The molecule has 1 N–H and O–H groups in total. The molecule has 0 bridgehead atoms. The second kappa shape index (κ2) is 23.8. The maximum atomic E-state index is 15.8. The number of ether oxygens (including phenoxy) is 5. The van der Waals surface area contributed by atoms with Crippen molar-refractivity contribution in [3.63, 3.8) is 0 Å². The molecular formula is C73H75O7P. The number of aromatic hydroxyl groups is 1. The fourth-order valence-electron chi connectivity index (χ4n) is 10.7. The summed E-state index contributed by atoms with van der Waals surface area (Å²) in [6.07, 6.45) is 2.49. The van der Waals surface area contributed by atoms with E-state index in [0.717, 1.165) is 89.8 Å². The molecule has 7 nitrogen and oxygen atoms in total. The smallest absolute Gasteiger partial charge is 0.174 e. The second-order valence-electron chi connectivity index (χ2n) is 22.8. The predicted molar refractivity (Wildman–Crippen MR) is 333 cm³/mol. The molecule has 0 heterocycles. The highest BCUT2D eigenvalue weighted by atomic mass is 31.2. The van der Waals surface area contributed by atoms with Crippen LogP contribution in [0.4, 0.5) is 0 Å². The van der Waals surface area contributed by atoms with Gasteiger partial charge in [0.1, 0.15) is 64.8 Å². The molecule has 9 rings (SSSR count). The molecule has 0 radical (unpaired) electrons. The number of aryl methyl sites for hydroxylation is 8. The van der Waals surface area contributed by atoms with Crippen LogP contribution in [0.5, 0.6) is 46.0 Å². The van der Waals surface area contributed by atoms with E-state index in [2.05, 4.69) is 136 Å². The summed E-state index contributed by atoms with van der Waals surface area (Å²) in [5, 5.41) is 12.3. The Morgan fingerprint density at radius 1 is 0.469 bits per heavy atom. The van der Waals surface area contributed by atoms with Crippen molar-refractivity contribution in [3.05, 3.63) is 260 Å². The standard InChI is InChI=1S/C73H75O7P/c1-14-55-25-29-57(30-26-55)45-76-61-33-34-66(67(43-61)81(75,64-21-17-15-18-22-64)65-23-19-16-20-24-65)77-46-58-31-27-56(28-32-58)44-72(10,11)80-71-53(8)41-63(42-54(71)9)79-70-51(6)37-60(38-52(70)7)73(12,13)59-35-49(4)69(50(5)36-59)78-62-39-47(2)68(74)48(3)40-62/h14-43,74H,1,44-46H2,2-13H3. The van der Waals surface area contributed by atoms with Gasteiger partial charge in [0.15, 0.2) is 7.14 Å². The van der Waals surface area contributed by atoms with Gasteiger partial charge in [-0.2, -0.15) is 0 Å². The number of benzene rings is 9. The van der Waals surface area contributed by atoms with E-state index >= 15 is 4.57 Å². The summed E-state index contributed by atoms with van der Waals surface area (Å²) >= 11 is 0. The van der Waals surface area contributed by atoms with Gasteiger partial charge in [-0.3, -0.25) is 0 Å². The Hall–Kier alpha value is -8.25. The van der Waals surface area contributed by atoms with E-state index in [1.165, 1.54) is 11.1 Å². The third-order valence-electron chi connectivity index (χ3n) is 15.3. The SMILES string of the molecule is C=Cc1ccc(COc2ccc(OCc3ccc(CC(C)(C)Oc4c(C)cc(Oc5c(C)cc(C(C)(C)c6cc(C)c(Oc7cc(C)c(O)c(C)c7)c(C)c6)cc5C)cc4C)cc3)c(P(=O)(c3ccccc3)c3ccccc3)c2)cc1. The molecular weight excluding hydrogens is 1020 g/mol. The van der Waals surface area contributed by atoms with Crippen molar-refractivity contribution in [1.82, 2.24) is 0 Å². The molecule has 0 aromatic heterocycles. The fraction of sp³-hybridized carbons (Fsp3) is 0.233. The van der Waals surface area contributed by atoms with Crippen LogP contribution in [-0.4, -0.2) is 10.7 Å². The lowest BCUT2D eigenvalue weighted by molar-refractivity contribution is 0.108. The zero-order chi connectivity index (χ0) is 57.8. The lowest BCUT2D eigenvalue weighted by Crippen LogP contribution is -2.31. The fourth-order valence-corrected chi connectivity index (χ4v) is 13.5. The van der Waals surface area contributed by atoms with Crippen LogP contribution in [0, 0.1) is 55.4 Å². The Morgan fingerprint density at radius 3 is 1.36 bits per heavy atom. The second-order valence-corrected chi connectivity index (χ2v) is 25.5. The van der Waals surface area contributed by atoms with Crippen molar-refractivity contribution >= 4 is 29.1 Å².